The van der Waals surface area contributed by atoms with Crippen LogP contribution in [-0.2, 0) is 12.2 Å². The van der Waals surface area contributed by atoms with Crippen molar-refractivity contribution < 1.29 is 9.63 Å². The van der Waals surface area contributed by atoms with Crippen molar-refractivity contribution in [1.29, 1.82) is 0 Å². The standard InChI is InChI=1S/C13H16ClN3O2S/c1-13(18,8-15)6-12-16-11(17-19-12)7-20-10-4-2-3-9(14)5-10/h2-5,18H,6-8,15H2,1H3. The number of rotatable bonds is 6. The van der Waals surface area contributed by atoms with E-state index in [0.717, 1.165) is 4.90 Å². The molecule has 0 fully saturated rings. The summed E-state index contributed by atoms with van der Waals surface area (Å²) in [5, 5.41) is 14.4. The fourth-order valence-corrected chi connectivity index (χ4v) is 2.58. The maximum absolute atomic E-state index is 9.85. The Morgan fingerprint density at radius 2 is 2.30 bits per heavy atom. The van der Waals surface area contributed by atoms with Crippen LogP contribution in [0.15, 0.2) is 33.7 Å². The molecule has 0 saturated carbocycles. The number of halogens is 1. The second-order valence-corrected chi connectivity index (χ2v) is 6.21. The minimum Gasteiger partial charge on any atom is -0.388 e. The molecule has 7 heteroatoms. The van der Waals surface area contributed by atoms with E-state index in [9.17, 15) is 5.11 Å². The van der Waals surface area contributed by atoms with Crippen LogP contribution < -0.4 is 5.73 Å². The lowest BCUT2D eigenvalue weighted by molar-refractivity contribution is 0.0610. The highest BCUT2D eigenvalue weighted by molar-refractivity contribution is 7.98. The van der Waals surface area contributed by atoms with Gasteiger partial charge in [-0.1, -0.05) is 22.8 Å². The van der Waals surface area contributed by atoms with E-state index in [4.69, 9.17) is 21.9 Å². The molecule has 0 spiro atoms. The first-order valence-electron chi connectivity index (χ1n) is 6.11. The molecule has 3 N–H and O–H groups in total. The van der Waals surface area contributed by atoms with Crippen LogP contribution in [0.2, 0.25) is 5.02 Å². The van der Waals surface area contributed by atoms with Crippen molar-refractivity contribution in [2.45, 2.75) is 29.6 Å². The Hall–Kier alpha value is -1.08. The molecule has 1 unspecified atom stereocenters. The van der Waals surface area contributed by atoms with Gasteiger partial charge < -0.3 is 15.4 Å². The monoisotopic (exact) mass is 313 g/mol. The zero-order valence-electron chi connectivity index (χ0n) is 11.0. The predicted molar refractivity (Wildman–Crippen MR) is 78.7 cm³/mol. The minimum absolute atomic E-state index is 0.141. The van der Waals surface area contributed by atoms with Gasteiger partial charge in [-0.3, -0.25) is 0 Å². The summed E-state index contributed by atoms with van der Waals surface area (Å²) in [6.07, 6.45) is 0.248. The van der Waals surface area contributed by atoms with Crippen LogP contribution in [0.3, 0.4) is 0 Å². The van der Waals surface area contributed by atoms with Crippen molar-refractivity contribution in [2.75, 3.05) is 6.54 Å². The highest BCUT2D eigenvalue weighted by Crippen LogP contribution is 2.24. The van der Waals surface area contributed by atoms with Gasteiger partial charge in [-0.15, -0.1) is 11.8 Å². The summed E-state index contributed by atoms with van der Waals surface area (Å²) in [6.45, 7) is 1.78. The molecular weight excluding hydrogens is 298 g/mol. The molecule has 1 aromatic heterocycles. The van der Waals surface area contributed by atoms with Crippen molar-refractivity contribution in [2.24, 2.45) is 5.73 Å². The number of benzene rings is 1. The Morgan fingerprint density at radius 1 is 1.50 bits per heavy atom. The molecule has 0 aliphatic heterocycles. The first-order valence-corrected chi connectivity index (χ1v) is 7.47. The van der Waals surface area contributed by atoms with E-state index >= 15 is 0 Å². The number of aromatic nitrogens is 2. The summed E-state index contributed by atoms with van der Waals surface area (Å²) >= 11 is 7.48. The molecule has 0 aliphatic rings. The smallest absolute Gasteiger partial charge is 0.229 e. The summed E-state index contributed by atoms with van der Waals surface area (Å²) < 4.78 is 5.10. The van der Waals surface area contributed by atoms with E-state index in [1.54, 1.807) is 18.7 Å². The number of nitrogens with two attached hydrogens (primary N) is 1. The van der Waals surface area contributed by atoms with Crippen molar-refractivity contribution in [3.05, 3.63) is 41.0 Å². The lowest BCUT2D eigenvalue weighted by Gasteiger charge is -2.17. The number of hydrogen-bond donors (Lipinski definition) is 2. The van der Waals surface area contributed by atoms with Gasteiger partial charge in [0.15, 0.2) is 5.82 Å². The fraction of sp³-hybridized carbons (Fsp3) is 0.385. The van der Waals surface area contributed by atoms with Crippen LogP contribution >= 0.6 is 23.4 Å². The highest BCUT2D eigenvalue weighted by atomic mass is 35.5. The Morgan fingerprint density at radius 3 is 3.00 bits per heavy atom. The largest absolute Gasteiger partial charge is 0.388 e. The van der Waals surface area contributed by atoms with E-state index in [1.807, 2.05) is 24.3 Å². The molecule has 0 aliphatic carbocycles. The zero-order chi connectivity index (χ0) is 14.6. The van der Waals surface area contributed by atoms with E-state index in [1.165, 1.54) is 0 Å². The van der Waals surface area contributed by atoms with Gasteiger partial charge in [0.2, 0.25) is 5.89 Å². The van der Waals surface area contributed by atoms with Gasteiger partial charge in [-0.05, 0) is 25.1 Å². The number of aliphatic hydroxyl groups is 1. The van der Waals surface area contributed by atoms with Crippen molar-refractivity contribution in [3.63, 3.8) is 0 Å². The van der Waals surface area contributed by atoms with Crippen molar-refractivity contribution in [1.82, 2.24) is 10.1 Å². The van der Waals surface area contributed by atoms with Crippen LogP contribution in [0, 0.1) is 0 Å². The van der Waals surface area contributed by atoms with Gasteiger partial charge in [-0.25, -0.2) is 0 Å². The highest BCUT2D eigenvalue weighted by Gasteiger charge is 2.22. The van der Waals surface area contributed by atoms with E-state index < -0.39 is 5.60 Å². The Balaban J connectivity index is 1.93. The first kappa shape index (κ1) is 15.3. The lowest BCUT2D eigenvalue weighted by atomic mass is 10.0. The second-order valence-electron chi connectivity index (χ2n) is 4.73. The molecule has 1 aromatic carbocycles. The number of thioether (sulfide) groups is 1. The molecule has 20 heavy (non-hydrogen) atoms. The number of nitrogens with zero attached hydrogens (tertiary/aromatic N) is 2. The quantitative estimate of drug-likeness (QED) is 0.796. The van der Waals surface area contributed by atoms with E-state index in [0.29, 0.717) is 22.5 Å². The number of hydrogen-bond acceptors (Lipinski definition) is 6. The van der Waals surface area contributed by atoms with Crippen LogP contribution in [0.4, 0.5) is 0 Å². The Bertz CT molecular complexity index is 574. The maximum Gasteiger partial charge on any atom is 0.229 e. The van der Waals surface area contributed by atoms with Crippen molar-refractivity contribution >= 4 is 23.4 Å². The second kappa shape index (κ2) is 6.58. The molecule has 108 valence electrons. The third-order valence-corrected chi connectivity index (χ3v) is 3.87. The Kier molecular flexibility index (Phi) is 5.04. The minimum atomic E-state index is -1.02. The molecule has 2 aromatic rings. The van der Waals surface area contributed by atoms with Gasteiger partial charge >= 0.3 is 0 Å². The molecule has 0 saturated heterocycles. The SMILES string of the molecule is CC(O)(CN)Cc1nc(CSc2cccc(Cl)c2)no1. The normalized spacial score (nSPS) is 14.2. The average Bonchev–Trinajstić information content (AvgIpc) is 2.83. The summed E-state index contributed by atoms with van der Waals surface area (Å²) in [5.41, 5.74) is 4.43. The summed E-state index contributed by atoms with van der Waals surface area (Å²) in [6, 6.07) is 7.57. The third kappa shape index (κ3) is 4.49. The van der Waals surface area contributed by atoms with Gasteiger partial charge in [0, 0.05) is 16.5 Å². The molecule has 0 bridgehead atoms. The van der Waals surface area contributed by atoms with E-state index in [2.05, 4.69) is 10.1 Å². The first-order chi connectivity index (χ1) is 9.48. The lowest BCUT2D eigenvalue weighted by Crippen LogP contribution is -2.36. The predicted octanol–water partition coefficient (Wildman–Crippen LogP) is 2.27. The van der Waals surface area contributed by atoms with Crippen LogP contribution in [-0.4, -0.2) is 27.4 Å². The molecular formula is C13H16ClN3O2S. The van der Waals surface area contributed by atoms with Gasteiger partial charge in [-0.2, -0.15) is 4.98 Å². The summed E-state index contributed by atoms with van der Waals surface area (Å²) in [5.74, 6) is 1.55. The molecule has 1 heterocycles. The topological polar surface area (TPSA) is 85.2 Å². The molecule has 1 atom stereocenters. The summed E-state index contributed by atoms with van der Waals surface area (Å²) in [4.78, 5) is 5.27. The van der Waals surface area contributed by atoms with Crippen LogP contribution in [0.25, 0.3) is 0 Å². The molecule has 0 radical (unpaired) electrons. The fourth-order valence-electron chi connectivity index (χ4n) is 1.52. The molecule has 0 amide bonds. The van der Waals surface area contributed by atoms with Gasteiger partial charge in [0.25, 0.3) is 0 Å². The third-order valence-electron chi connectivity index (χ3n) is 2.65. The van der Waals surface area contributed by atoms with Crippen LogP contribution in [0.1, 0.15) is 18.6 Å². The molecule has 2 rings (SSSR count). The zero-order valence-corrected chi connectivity index (χ0v) is 12.6. The van der Waals surface area contributed by atoms with Crippen LogP contribution in [0.5, 0.6) is 0 Å². The molecule has 5 nitrogen and oxygen atoms in total. The van der Waals surface area contributed by atoms with E-state index in [-0.39, 0.29) is 13.0 Å². The summed E-state index contributed by atoms with van der Waals surface area (Å²) in [7, 11) is 0. The Labute approximate surface area is 126 Å². The van der Waals surface area contributed by atoms with Gasteiger partial charge in [0.1, 0.15) is 0 Å². The average molecular weight is 314 g/mol. The van der Waals surface area contributed by atoms with Crippen molar-refractivity contribution in [3.8, 4) is 0 Å². The maximum atomic E-state index is 9.85. The van der Waals surface area contributed by atoms with Gasteiger partial charge in [0.05, 0.1) is 17.8 Å².